The topological polar surface area (TPSA) is 47.3 Å². The summed E-state index contributed by atoms with van der Waals surface area (Å²) < 4.78 is 1.62. The average molecular weight is 279 g/mol. The number of aromatic nitrogens is 3. The molecule has 0 radical (unpaired) electrons. The van der Waals surface area contributed by atoms with Crippen LogP contribution in [-0.2, 0) is 6.42 Å². The van der Waals surface area contributed by atoms with E-state index in [2.05, 4.69) is 16.9 Å². The molecule has 0 amide bonds. The van der Waals surface area contributed by atoms with Crippen molar-refractivity contribution in [2.75, 3.05) is 0 Å². The third-order valence-corrected chi connectivity index (χ3v) is 3.58. The van der Waals surface area contributed by atoms with Gasteiger partial charge in [-0.25, -0.2) is 4.98 Å². The molecule has 0 saturated carbocycles. The Morgan fingerprint density at radius 1 is 1.19 bits per heavy atom. The molecule has 0 aliphatic heterocycles. The van der Waals surface area contributed by atoms with Crippen LogP contribution in [0.2, 0.25) is 0 Å². The molecule has 106 valence electrons. The van der Waals surface area contributed by atoms with Crippen molar-refractivity contribution in [3.05, 3.63) is 65.0 Å². The van der Waals surface area contributed by atoms with Gasteiger partial charge in [0.05, 0.1) is 0 Å². The SMILES string of the molecule is CCCCc1cnc2cc(-c3cccnc3)ccn2c1=O. The number of aryl methyl sites for hydroxylation is 1. The van der Waals surface area contributed by atoms with Crippen LogP contribution >= 0.6 is 0 Å². The van der Waals surface area contributed by atoms with Gasteiger partial charge in [-0.3, -0.25) is 14.2 Å². The third-order valence-electron chi connectivity index (χ3n) is 3.58. The summed E-state index contributed by atoms with van der Waals surface area (Å²) in [7, 11) is 0. The molecule has 0 unspecified atom stereocenters. The fourth-order valence-electron chi connectivity index (χ4n) is 2.36. The van der Waals surface area contributed by atoms with Gasteiger partial charge in [0.25, 0.3) is 5.56 Å². The van der Waals surface area contributed by atoms with Crippen LogP contribution in [0.25, 0.3) is 16.8 Å². The first-order valence-corrected chi connectivity index (χ1v) is 7.20. The lowest BCUT2D eigenvalue weighted by Crippen LogP contribution is -2.19. The summed E-state index contributed by atoms with van der Waals surface area (Å²) in [5.41, 5.74) is 3.51. The Morgan fingerprint density at radius 3 is 2.86 bits per heavy atom. The molecule has 4 heteroatoms. The number of pyridine rings is 2. The number of hydrogen-bond donors (Lipinski definition) is 0. The van der Waals surface area contributed by atoms with Gasteiger partial charge in [0.2, 0.25) is 0 Å². The molecule has 0 bridgehead atoms. The molecule has 0 fully saturated rings. The highest BCUT2D eigenvalue weighted by Gasteiger charge is 2.06. The fraction of sp³-hybridized carbons (Fsp3) is 0.235. The third kappa shape index (κ3) is 2.70. The molecule has 0 N–H and O–H groups in total. The maximum Gasteiger partial charge on any atom is 0.261 e. The minimum atomic E-state index is 0.0335. The van der Waals surface area contributed by atoms with Gasteiger partial charge in [-0.05, 0) is 36.6 Å². The molecular formula is C17H17N3O. The molecule has 0 aliphatic carbocycles. The Morgan fingerprint density at radius 2 is 2.10 bits per heavy atom. The van der Waals surface area contributed by atoms with Crippen molar-refractivity contribution in [1.29, 1.82) is 0 Å². The average Bonchev–Trinajstić information content (AvgIpc) is 2.55. The number of fused-ring (bicyclic) bond motifs is 1. The van der Waals surface area contributed by atoms with Crippen molar-refractivity contribution >= 4 is 5.65 Å². The summed E-state index contributed by atoms with van der Waals surface area (Å²) in [6, 6.07) is 7.73. The van der Waals surface area contributed by atoms with E-state index in [9.17, 15) is 4.79 Å². The summed E-state index contributed by atoms with van der Waals surface area (Å²) >= 11 is 0. The summed E-state index contributed by atoms with van der Waals surface area (Å²) in [5.74, 6) is 0. The number of rotatable bonds is 4. The molecule has 21 heavy (non-hydrogen) atoms. The number of hydrogen-bond acceptors (Lipinski definition) is 3. The zero-order valence-corrected chi connectivity index (χ0v) is 12.0. The van der Waals surface area contributed by atoms with Crippen LogP contribution in [0.3, 0.4) is 0 Å². The number of nitrogens with zero attached hydrogens (tertiary/aromatic N) is 3. The van der Waals surface area contributed by atoms with Crippen LogP contribution in [0, 0.1) is 0 Å². The molecule has 3 aromatic rings. The second kappa shape index (κ2) is 5.87. The quantitative estimate of drug-likeness (QED) is 0.737. The van der Waals surface area contributed by atoms with Gasteiger partial charge in [0, 0.05) is 35.9 Å². The molecular weight excluding hydrogens is 262 g/mol. The largest absolute Gasteiger partial charge is 0.269 e. The highest BCUT2D eigenvalue weighted by atomic mass is 16.1. The van der Waals surface area contributed by atoms with E-state index in [1.807, 2.05) is 24.3 Å². The first kappa shape index (κ1) is 13.5. The predicted molar refractivity (Wildman–Crippen MR) is 83.3 cm³/mol. The molecule has 0 aromatic carbocycles. The molecule has 3 aromatic heterocycles. The van der Waals surface area contributed by atoms with E-state index in [0.29, 0.717) is 5.65 Å². The summed E-state index contributed by atoms with van der Waals surface area (Å²) in [6.45, 7) is 2.12. The van der Waals surface area contributed by atoms with E-state index in [0.717, 1.165) is 36.0 Å². The van der Waals surface area contributed by atoms with E-state index in [-0.39, 0.29) is 5.56 Å². The van der Waals surface area contributed by atoms with Gasteiger partial charge >= 0.3 is 0 Å². The lowest BCUT2D eigenvalue weighted by Gasteiger charge is -2.06. The Hall–Kier alpha value is -2.49. The molecule has 4 nitrogen and oxygen atoms in total. The van der Waals surface area contributed by atoms with Crippen molar-refractivity contribution < 1.29 is 0 Å². The second-order valence-electron chi connectivity index (χ2n) is 5.08. The van der Waals surface area contributed by atoms with E-state index in [4.69, 9.17) is 0 Å². The van der Waals surface area contributed by atoms with Crippen molar-refractivity contribution in [1.82, 2.24) is 14.4 Å². The second-order valence-corrected chi connectivity index (χ2v) is 5.08. The van der Waals surface area contributed by atoms with E-state index in [1.165, 1.54) is 0 Å². The Kier molecular flexibility index (Phi) is 3.77. The van der Waals surface area contributed by atoms with E-state index >= 15 is 0 Å². The Balaban J connectivity index is 2.06. The van der Waals surface area contributed by atoms with Gasteiger partial charge in [-0.15, -0.1) is 0 Å². The van der Waals surface area contributed by atoms with Gasteiger partial charge in [0.15, 0.2) is 0 Å². The maximum atomic E-state index is 12.4. The molecule has 0 atom stereocenters. The summed E-state index contributed by atoms with van der Waals surface area (Å²) in [6.07, 6.45) is 9.92. The van der Waals surface area contributed by atoms with Crippen LogP contribution in [0.15, 0.2) is 53.8 Å². The van der Waals surface area contributed by atoms with Crippen LogP contribution in [-0.4, -0.2) is 14.4 Å². The summed E-state index contributed by atoms with van der Waals surface area (Å²) in [5, 5.41) is 0. The Bertz CT molecular complexity index is 809. The standard InChI is InChI=1S/C17H17N3O/c1-2-3-5-15-12-19-16-10-13(7-9-20(16)17(15)21)14-6-4-8-18-11-14/h4,6-12H,2-3,5H2,1H3. The number of unbranched alkanes of at least 4 members (excludes halogenated alkanes) is 1. The lowest BCUT2D eigenvalue weighted by atomic mass is 10.1. The molecule has 0 aliphatic rings. The van der Waals surface area contributed by atoms with Crippen LogP contribution in [0.1, 0.15) is 25.3 Å². The van der Waals surface area contributed by atoms with E-state index in [1.54, 1.807) is 29.2 Å². The Labute approximate surface area is 123 Å². The van der Waals surface area contributed by atoms with Crippen molar-refractivity contribution in [3.63, 3.8) is 0 Å². The monoisotopic (exact) mass is 279 g/mol. The summed E-state index contributed by atoms with van der Waals surface area (Å²) in [4.78, 5) is 20.9. The first-order chi connectivity index (χ1) is 10.3. The molecule has 0 saturated heterocycles. The van der Waals surface area contributed by atoms with Crippen LogP contribution in [0.4, 0.5) is 0 Å². The van der Waals surface area contributed by atoms with Crippen LogP contribution in [0.5, 0.6) is 0 Å². The fourth-order valence-corrected chi connectivity index (χ4v) is 2.36. The minimum absolute atomic E-state index is 0.0335. The lowest BCUT2D eigenvalue weighted by molar-refractivity contribution is 0.778. The molecule has 3 rings (SSSR count). The zero-order valence-electron chi connectivity index (χ0n) is 12.0. The smallest absolute Gasteiger partial charge is 0.261 e. The molecule has 0 spiro atoms. The zero-order chi connectivity index (χ0) is 14.7. The normalized spacial score (nSPS) is 10.9. The van der Waals surface area contributed by atoms with Crippen LogP contribution < -0.4 is 5.56 Å². The molecule has 3 heterocycles. The van der Waals surface area contributed by atoms with Crippen molar-refractivity contribution in [2.45, 2.75) is 26.2 Å². The first-order valence-electron chi connectivity index (χ1n) is 7.20. The predicted octanol–water partition coefficient (Wildman–Crippen LogP) is 3.10. The van der Waals surface area contributed by atoms with Gasteiger partial charge < -0.3 is 0 Å². The van der Waals surface area contributed by atoms with Crippen molar-refractivity contribution in [2.24, 2.45) is 0 Å². The minimum Gasteiger partial charge on any atom is -0.269 e. The highest BCUT2D eigenvalue weighted by Crippen LogP contribution is 2.18. The highest BCUT2D eigenvalue weighted by molar-refractivity contribution is 5.66. The van der Waals surface area contributed by atoms with Crippen molar-refractivity contribution in [3.8, 4) is 11.1 Å². The van der Waals surface area contributed by atoms with E-state index < -0.39 is 0 Å². The van der Waals surface area contributed by atoms with Gasteiger partial charge in [-0.1, -0.05) is 19.4 Å². The van der Waals surface area contributed by atoms with Gasteiger partial charge in [-0.2, -0.15) is 0 Å². The maximum absolute atomic E-state index is 12.4. The van der Waals surface area contributed by atoms with Gasteiger partial charge in [0.1, 0.15) is 5.65 Å².